The number of fused-ring (bicyclic) bond motifs is 1. The Morgan fingerprint density at radius 2 is 1.75 bits per heavy atom. The lowest BCUT2D eigenvalue weighted by molar-refractivity contribution is 0.0308. The first-order valence-electron chi connectivity index (χ1n) is 12.5. The van der Waals surface area contributed by atoms with Crippen molar-refractivity contribution in [1.82, 2.24) is 19.7 Å². The molecule has 1 aliphatic rings. The normalized spacial score (nSPS) is 15.0. The lowest BCUT2D eigenvalue weighted by Crippen LogP contribution is -2.35. The van der Waals surface area contributed by atoms with Gasteiger partial charge in [-0.15, -0.1) is 0 Å². The zero-order chi connectivity index (χ0) is 25.0. The fraction of sp³-hybridized carbons (Fsp3) is 0.407. The molecule has 0 radical (unpaired) electrons. The number of hydrogen-bond donors (Lipinski definition) is 0. The molecule has 0 N–H and O–H groups in total. The molecule has 1 aliphatic heterocycles. The predicted molar refractivity (Wildman–Crippen MR) is 142 cm³/mol. The molecule has 36 heavy (non-hydrogen) atoms. The minimum absolute atomic E-state index is 0.454. The van der Waals surface area contributed by atoms with Crippen LogP contribution in [0.5, 0.6) is 11.5 Å². The van der Waals surface area contributed by atoms with Crippen molar-refractivity contribution in [3.05, 3.63) is 60.6 Å². The quantitative estimate of drug-likeness (QED) is 0.204. The van der Waals surface area contributed by atoms with Crippen molar-refractivity contribution < 1.29 is 18.6 Å². The number of benzene rings is 2. The molecule has 9 heteroatoms. The van der Waals surface area contributed by atoms with E-state index in [1.54, 1.807) is 0 Å². The molecule has 0 atom stereocenters. The van der Waals surface area contributed by atoms with E-state index in [0.29, 0.717) is 19.0 Å². The first kappa shape index (κ1) is 24.7. The second-order valence-corrected chi connectivity index (χ2v) is 15.9. The minimum Gasteiger partial charge on any atom is -0.457 e. The molecule has 0 amide bonds. The van der Waals surface area contributed by atoms with Crippen molar-refractivity contribution >= 4 is 19.2 Å². The maximum absolute atomic E-state index is 6.10. The Morgan fingerprint density at radius 3 is 2.53 bits per heavy atom. The van der Waals surface area contributed by atoms with Gasteiger partial charge in [0, 0.05) is 45.6 Å². The summed E-state index contributed by atoms with van der Waals surface area (Å²) in [5, 5.41) is 4.43. The molecule has 0 aliphatic carbocycles. The summed E-state index contributed by atoms with van der Waals surface area (Å²) in [4.78, 5) is 6.91. The average molecular weight is 507 g/mol. The van der Waals surface area contributed by atoms with Crippen LogP contribution in [-0.4, -0.2) is 60.6 Å². The number of aromatic nitrogens is 3. The molecule has 0 spiro atoms. The second kappa shape index (κ2) is 11.0. The molecular weight excluding hydrogens is 472 g/mol. The van der Waals surface area contributed by atoms with Crippen molar-refractivity contribution in [3.63, 3.8) is 0 Å². The Morgan fingerprint density at radius 1 is 0.972 bits per heavy atom. The van der Waals surface area contributed by atoms with Gasteiger partial charge in [-0.2, -0.15) is 5.10 Å². The zero-order valence-corrected chi connectivity index (χ0v) is 22.3. The van der Waals surface area contributed by atoms with E-state index in [4.69, 9.17) is 18.6 Å². The van der Waals surface area contributed by atoms with Gasteiger partial charge in [0.25, 0.3) is 0 Å². The summed E-state index contributed by atoms with van der Waals surface area (Å²) in [6, 6.07) is 16.9. The molecule has 3 heterocycles. The topological polar surface area (TPSA) is 74.8 Å². The predicted octanol–water partition coefficient (Wildman–Crippen LogP) is 5.63. The molecule has 4 aromatic rings. The van der Waals surface area contributed by atoms with E-state index in [1.807, 2.05) is 59.4 Å². The minimum atomic E-state index is -1.10. The fourth-order valence-electron chi connectivity index (χ4n) is 4.07. The first-order valence-corrected chi connectivity index (χ1v) is 16.2. The highest BCUT2D eigenvalue weighted by molar-refractivity contribution is 6.76. The Bertz CT molecular complexity index is 1270. The van der Waals surface area contributed by atoms with Crippen LogP contribution in [-0.2, 0) is 22.7 Å². The third-order valence-corrected chi connectivity index (χ3v) is 7.88. The summed E-state index contributed by atoms with van der Waals surface area (Å²) in [5.74, 6) is 2.18. The van der Waals surface area contributed by atoms with Crippen LogP contribution in [0.2, 0.25) is 25.7 Å². The zero-order valence-electron chi connectivity index (χ0n) is 21.3. The Balaban J connectivity index is 1.21. The maximum atomic E-state index is 6.10. The number of morpholine rings is 1. The largest absolute Gasteiger partial charge is 0.457 e. The van der Waals surface area contributed by atoms with Crippen molar-refractivity contribution in [3.8, 4) is 22.8 Å². The summed E-state index contributed by atoms with van der Waals surface area (Å²) in [6.07, 6.45) is 1.81. The van der Waals surface area contributed by atoms with Crippen molar-refractivity contribution in [1.29, 1.82) is 0 Å². The van der Waals surface area contributed by atoms with Gasteiger partial charge in [0.2, 0.25) is 5.89 Å². The lowest BCUT2D eigenvalue weighted by atomic mass is 10.1. The Hall–Kier alpha value is -2.98. The van der Waals surface area contributed by atoms with Gasteiger partial charge in [0.15, 0.2) is 5.58 Å². The lowest BCUT2D eigenvalue weighted by Gasteiger charge is -2.24. The summed E-state index contributed by atoms with van der Waals surface area (Å²) in [6.45, 7) is 12.3. The third kappa shape index (κ3) is 6.41. The van der Waals surface area contributed by atoms with Crippen LogP contribution in [0, 0.1) is 0 Å². The molecule has 1 fully saturated rings. The van der Waals surface area contributed by atoms with E-state index in [0.717, 1.165) is 73.0 Å². The van der Waals surface area contributed by atoms with E-state index in [1.165, 1.54) is 0 Å². The Labute approximate surface area is 212 Å². The van der Waals surface area contributed by atoms with E-state index < -0.39 is 8.07 Å². The first-order chi connectivity index (χ1) is 17.4. The molecule has 190 valence electrons. The van der Waals surface area contributed by atoms with E-state index >= 15 is 0 Å². The smallest absolute Gasteiger partial charge is 0.209 e. The fourth-order valence-corrected chi connectivity index (χ4v) is 4.83. The highest BCUT2D eigenvalue weighted by atomic mass is 28.3. The summed E-state index contributed by atoms with van der Waals surface area (Å²) < 4.78 is 25.3. The van der Waals surface area contributed by atoms with Gasteiger partial charge >= 0.3 is 0 Å². The number of rotatable bonds is 10. The molecule has 5 rings (SSSR count). The highest BCUT2D eigenvalue weighted by Gasteiger charge is 2.15. The van der Waals surface area contributed by atoms with Crippen LogP contribution in [0.4, 0.5) is 0 Å². The molecule has 1 saturated heterocycles. The van der Waals surface area contributed by atoms with E-state index in [9.17, 15) is 0 Å². The van der Waals surface area contributed by atoms with Gasteiger partial charge in [-0.1, -0.05) is 19.6 Å². The maximum Gasteiger partial charge on any atom is 0.209 e. The number of nitrogens with zero attached hydrogens (tertiary/aromatic N) is 4. The van der Waals surface area contributed by atoms with Gasteiger partial charge in [-0.25, -0.2) is 9.67 Å². The van der Waals surface area contributed by atoms with Gasteiger partial charge in [-0.3, -0.25) is 4.90 Å². The molecule has 2 aromatic heterocycles. The molecule has 0 unspecified atom stereocenters. The standard InChI is InChI=1S/C27H34N4O4Si/c1-36(2,3)17-16-33-20-31-25(10-11-28-31)21-4-6-22(7-5-21)34-23-8-9-24-26(18-23)35-27(29-24)19-30-12-14-32-15-13-30/h4-11,18H,12-17,19-20H2,1-3H3. The van der Waals surface area contributed by atoms with Gasteiger partial charge in [0.05, 0.1) is 25.5 Å². The third-order valence-electron chi connectivity index (χ3n) is 6.18. The number of oxazole rings is 1. The number of ether oxygens (including phenoxy) is 3. The SMILES string of the molecule is C[Si](C)(C)CCOCn1nccc1-c1ccc(Oc2ccc3nc(CN4CCOCC4)oc3c2)cc1. The van der Waals surface area contributed by atoms with Gasteiger partial charge in [-0.05, 0) is 48.5 Å². The van der Waals surface area contributed by atoms with Crippen LogP contribution in [0.15, 0.2) is 59.1 Å². The van der Waals surface area contributed by atoms with Crippen molar-refractivity contribution in [2.45, 2.75) is 39.0 Å². The van der Waals surface area contributed by atoms with E-state index in [2.05, 4.69) is 34.6 Å². The van der Waals surface area contributed by atoms with Crippen molar-refractivity contribution in [2.75, 3.05) is 32.9 Å². The van der Waals surface area contributed by atoms with Gasteiger partial charge in [0.1, 0.15) is 23.7 Å². The number of hydrogen-bond acceptors (Lipinski definition) is 7. The second-order valence-electron chi connectivity index (χ2n) is 10.3. The molecule has 2 aromatic carbocycles. The van der Waals surface area contributed by atoms with E-state index in [-0.39, 0.29) is 0 Å². The molecule has 0 bridgehead atoms. The van der Waals surface area contributed by atoms with Crippen LogP contribution < -0.4 is 4.74 Å². The average Bonchev–Trinajstić information content (AvgIpc) is 3.49. The molecule has 8 nitrogen and oxygen atoms in total. The van der Waals surface area contributed by atoms with Crippen molar-refractivity contribution in [2.24, 2.45) is 0 Å². The molecule has 0 saturated carbocycles. The van der Waals surface area contributed by atoms with Crippen LogP contribution in [0.25, 0.3) is 22.4 Å². The van der Waals surface area contributed by atoms with Crippen LogP contribution in [0.3, 0.4) is 0 Å². The Kier molecular flexibility index (Phi) is 7.52. The monoisotopic (exact) mass is 506 g/mol. The summed E-state index contributed by atoms with van der Waals surface area (Å²) in [5.41, 5.74) is 3.64. The summed E-state index contributed by atoms with van der Waals surface area (Å²) >= 11 is 0. The van der Waals surface area contributed by atoms with Crippen LogP contribution in [0.1, 0.15) is 5.89 Å². The van der Waals surface area contributed by atoms with Gasteiger partial charge < -0.3 is 18.6 Å². The molecular formula is C27H34N4O4Si. The highest BCUT2D eigenvalue weighted by Crippen LogP contribution is 2.29. The summed E-state index contributed by atoms with van der Waals surface area (Å²) in [7, 11) is -1.10. The van der Waals surface area contributed by atoms with Crippen LogP contribution >= 0.6 is 0 Å².